The zero-order chi connectivity index (χ0) is 12.5. The number of hydrogen-bond donors (Lipinski definition) is 0. The molecule has 0 atom stereocenters. The summed E-state index contributed by atoms with van der Waals surface area (Å²) in [5, 5.41) is 9.22. The lowest BCUT2D eigenvalue weighted by Gasteiger charge is -2.22. The third-order valence-corrected chi connectivity index (χ3v) is 2.33. The molecule has 0 N–H and O–H groups in total. The molecule has 17 heavy (non-hydrogen) atoms. The molecular formula is C14H17NO2. The van der Waals surface area contributed by atoms with E-state index < -0.39 is 0 Å². The standard InChI is InChI=1S/C14H17NO2/c1-14(2,3)17-13-6-4-5-12(11(13)9-15)16-10-7-8-10/h4-6,10H,7-8H2,1-3H3. The number of nitriles is 1. The first-order chi connectivity index (χ1) is 7.99. The van der Waals surface area contributed by atoms with Gasteiger partial charge in [-0.3, -0.25) is 0 Å². The maximum atomic E-state index is 9.22. The van der Waals surface area contributed by atoms with Crippen LogP contribution in [0.15, 0.2) is 18.2 Å². The lowest BCUT2D eigenvalue weighted by atomic mass is 10.1. The number of nitrogens with zero attached hydrogens (tertiary/aromatic N) is 1. The fraction of sp³-hybridized carbons (Fsp3) is 0.500. The Balaban J connectivity index is 2.28. The van der Waals surface area contributed by atoms with E-state index in [2.05, 4.69) is 6.07 Å². The lowest BCUT2D eigenvalue weighted by molar-refractivity contribution is 0.130. The molecule has 0 heterocycles. The summed E-state index contributed by atoms with van der Waals surface area (Å²) in [6, 6.07) is 7.67. The summed E-state index contributed by atoms with van der Waals surface area (Å²) in [6.07, 6.45) is 2.44. The quantitative estimate of drug-likeness (QED) is 0.801. The summed E-state index contributed by atoms with van der Waals surface area (Å²) in [7, 11) is 0. The summed E-state index contributed by atoms with van der Waals surface area (Å²) < 4.78 is 11.5. The molecule has 1 aliphatic rings. The molecule has 2 rings (SSSR count). The van der Waals surface area contributed by atoms with Crippen LogP contribution in [0.25, 0.3) is 0 Å². The van der Waals surface area contributed by atoms with Crippen LogP contribution in [0.5, 0.6) is 11.5 Å². The fourth-order valence-corrected chi connectivity index (χ4v) is 1.50. The molecule has 0 spiro atoms. The van der Waals surface area contributed by atoms with E-state index >= 15 is 0 Å². The van der Waals surface area contributed by atoms with Crippen LogP contribution in [-0.2, 0) is 0 Å². The van der Waals surface area contributed by atoms with Gasteiger partial charge < -0.3 is 9.47 Å². The predicted octanol–water partition coefficient (Wildman–Crippen LogP) is 3.28. The molecule has 3 nitrogen and oxygen atoms in total. The van der Waals surface area contributed by atoms with E-state index in [-0.39, 0.29) is 11.7 Å². The Morgan fingerprint density at radius 3 is 2.41 bits per heavy atom. The average Bonchev–Trinajstić information content (AvgIpc) is 2.99. The summed E-state index contributed by atoms with van der Waals surface area (Å²) >= 11 is 0. The van der Waals surface area contributed by atoms with Gasteiger partial charge in [0.1, 0.15) is 28.7 Å². The molecule has 0 amide bonds. The molecule has 1 aromatic carbocycles. The molecule has 0 radical (unpaired) electrons. The smallest absolute Gasteiger partial charge is 0.141 e. The minimum Gasteiger partial charge on any atom is -0.489 e. The molecule has 0 aliphatic heterocycles. The zero-order valence-electron chi connectivity index (χ0n) is 10.5. The number of ether oxygens (including phenoxy) is 2. The zero-order valence-corrected chi connectivity index (χ0v) is 10.5. The SMILES string of the molecule is CC(C)(C)Oc1cccc(OC2CC2)c1C#N. The molecule has 3 heteroatoms. The molecule has 0 saturated heterocycles. The summed E-state index contributed by atoms with van der Waals surface area (Å²) in [6.45, 7) is 5.88. The van der Waals surface area contributed by atoms with Crippen molar-refractivity contribution in [2.75, 3.05) is 0 Å². The van der Waals surface area contributed by atoms with Crippen molar-refractivity contribution in [1.29, 1.82) is 5.26 Å². The molecule has 0 aromatic heterocycles. The van der Waals surface area contributed by atoms with E-state index in [1.165, 1.54) is 0 Å². The third kappa shape index (κ3) is 3.13. The number of benzene rings is 1. The van der Waals surface area contributed by atoms with Gasteiger partial charge in [0.15, 0.2) is 0 Å². The third-order valence-electron chi connectivity index (χ3n) is 2.33. The largest absolute Gasteiger partial charge is 0.489 e. The predicted molar refractivity (Wildman–Crippen MR) is 65.2 cm³/mol. The molecule has 0 bridgehead atoms. The topological polar surface area (TPSA) is 42.2 Å². The van der Waals surface area contributed by atoms with E-state index in [0.717, 1.165) is 12.8 Å². The molecule has 1 aromatic rings. The van der Waals surface area contributed by atoms with Gasteiger partial charge in [0, 0.05) is 0 Å². The van der Waals surface area contributed by atoms with Gasteiger partial charge in [-0.2, -0.15) is 5.26 Å². The van der Waals surface area contributed by atoms with E-state index in [4.69, 9.17) is 9.47 Å². The van der Waals surface area contributed by atoms with Crippen molar-refractivity contribution in [3.63, 3.8) is 0 Å². The molecule has 0 unspecified atom stereocenters. The van der Waals surface area contributed by atoms with Crippen LogP contribution < -0.4 is 9.47 Å². The molecule has 90 valence electrons. The summed E-state index contributed by atoms with van der Waals surface area (Å²) in [5.74, 6) is 1.23. The van der Waals surface area contributed by atoms with Gasteiger partial charge >= 0.3 is 0 Å². The highest BCUT2D eigenvalue weighted by Crippen LogP contribution is 2.34. The van der Waals surface area contributed by atoms with Gasteiger partial charge in [-0.15, -0.1) is 0 Å². The summed E-state index contributed by atoms with van der Waals surface area (Å²) in [5.41, 5.74) is 0.179. The minimum absolute atomic E-state index is 0.284. The van der Waals surface area contributed by atoms with E-state index in [9.17, 15) is 5.26 Å². The van der Waals surface area contributed by atoms with Crippen molar-refractivity contribution < 1.29 is 9.47 Å². The van der Waals surface area contributed by atoms with Crippen LogP contribution >= 0.6 is 0 Å². The highest BCUT2D eigenvalue weighted by Gasteiger charge is 2.26. The fourth-order valence-electron chi connectivity index (χ4n) is 1.50. The van der Waals surface area contributed by atoms with Crippen LogP contribution in [0.4, 0.5) is 0 Å². The van der Waals surface area contributed by atoms with Gasteiger partial charge in [0.25, 0.3) is 0 Å². The second-order valence-electron chi connectivity index (χ2n) is 5.27. The van der Waals surface area contributed by atoms with Crippen molar-refractivity contribution in [2.24, 2.45) is 0 Å². The van der Waals surface area contributed by atoms with Crippen LogP contribution in [-0.4, -0.2) is 11.7 Å². The monoisotopic (exact) mass is 231 g/mol. The van der Waals surface area contributed by atoms with Crippen molar-refractivity contribution in [1.82, 2.24) is 0 Å². The molecule has 1 aliphatic carbocycles. The van der Waals surface area contributed by atoms with E-state index in [0.29, 0.717) is 17.1 Å². The minimum atomic E-state index is -0.316. The Morgan fingerprint density at radius 1 is 1.24 bits per heavy atom. The van der Waals surface area contributed by atoms with Crippen molar-refractivity contribution in [3.05, 3.63) is 23.8 Å². The van der Waals surface area contributed by atoms with Crippen molar-refractivity contribution in [2.45, 2.75) is 45.3 Å². The Hall–Kier alpha value is -1.69. The maximum Gasteiger partial charge on any atom is 0.141 e. The van der Waals surface area contributed by atoms with Gasteiger partial charge in [-0.25, -0.2) is 0 Å². The molecular weight excluding hydrogens is 214 g/mol. The summed E-state index contributed by atoms with van der Waals surface area (Å²) in [4.78, 5) is 0. The van der Waals surface area contributed by atoms with E-state index in [1.54, 1.807) is 0 Å². The average molecular weight is 231 g/mol. The Labute approximate surface area is 102 Å². The van der Waals surface area contributed by atoms with E-state index in [1.807, 2.05) is 39.0 Å². The van der Waals surface area contributed by atoms with Crippen LogP contribution in [0.1, 0.15) is 39.2 Å². The molecule has 1 saturated carbocycles. The first-order valence-corrected chi connectivity index (χ1v) is 5.88. The molecule has 1 fully saturated rings. The Bertz CT molecular complexity index is 450. The number of rotatable bonds is 3. The second-order valence-corrected chi connectivity index (χ2v) is 5.27. The second kappa shape index (κ2) is 4.29. The highest BCUT2D eigenvalue weighted by atomic mass is 16.5. The van der Waals surface area contributed by atoms with Crippen LogP contribution in [0.3, 0.4) is 0 Å². The Morgan fingerprint density at radius 2 is 1.88 bits per heavy atom. The van der Waals surface area contributed by atoms with Gasteiger partial charge in [-0.1, -0.05) is 6.07 Å². The van der Waals surface area contributed by atoms with Gasteiger partial charge in [0.05, 0.1) is 6.10 Å². The van der Waals surface area contributed by atoms with Crippen molar-refractivity contribution in [3.8, 4) is 17.6 Å². The van der Waals surface area contributed by atoms with Crippen LogP contribution in [0, 0.1) is 11.3 Å². The Kier molecular flexibility index (Phi) is 2.97. The van der Waals surface area contributed by atoms with Gasteiger partial charge in [-0.05, 0) is 45.7 Å². The van der Waals surface area contributed by atoms with Crippen LogP contribution in [0.2, 0.25) is 0 Å². The maximum absolute atomic E-state index is 9.22. The normalized spacial score (nSPS) is 15.2. The number of hydrogen-bond acceptors (Lipinski definition) is 3. The van der Waals surface area contributed by atoms with Crippen molar-refractivity contribution >= 4 is 0 Å². The first-order valence-electron chi connectivity index (χ1n) is 5.88. The lowest BCUT2D eigenvalue weighted by Crippen LogP contribution is -2.23. The highest BCUT2D eigenvalue weighted by molar-refractivity contribution is 5.53. The van der Waals surface area contributed by atoms with Gasteiger partial charge in [0.2, 0.25) is 0 Å². The first kappa shape index (κ1) is 11.8.